The Bertz CT molecular complexity index is 643. The van der Waals surface area contributed by atoms with E-state index < -0.39 is 0 Å². The molecule has 3 nitrogen and oxygen atoms in total. The van der Waals surface area contributed by atoms with Crippen molar-refractivity contribution >= 4 is 5.91 Å². The second-order valence-corrected chi connectivity index (χ2v) is 6.03. The number of rotatable bonds is 3. The average Bonchev–Trinajstić information content (AvgIpc) is 3.20. The molecular formula is C18H19NO2. The second-order valence-electron chi connectivity index (χ2n) is 6.03. The van der Waals surface area contributed by atoms with Gasteiger partial charge in [0.1, 0.15) is 0 Å². The summed E-state index contributed by atoms with van der Waals surface area (Å²) in [5.41, 5.74) is 2.72. The predicted molar refractivity (Wildman–Crippen MR) is 80.0 cm³/mol. The first-order valence-corrected chi connectivity index (χ1v) is 7.78. The highest BCUT2D eigenvalue weighted by molar-refractivity contribution is 5.92. The number of nitrogens with zero attached hydrogens (tertiary/aromatic N) is 1. The molecule has 0 N–H and O–H groups in total. The quantitative estimate of drug-likeness (QED) is 0.853. The van der Waals surface area contributed by atoms with E-state index in [-0.39, 0.29) is 11.9 Å². The zero-order chi connectivity index (χ0) is 14.2. The van der Waals surface area contributed by atoms with E-state index in [9.17, 15) is 4.79 Å². The second kappa shape index (κ2) is 5.06. The summed E-state index contributed by atoms with van der Waals surface area (Å²) in [6.07, 6.45) is 7.14. The minimum Gasteiger partial charge on any atom is -0.459 e. The van der Waals surface area contributed by atoms with Crippen LogP contribution in [-0.4, -0.2) is 16.8 Å². The topological polar surface area (TPSA) is 33.5 Å². The highest BCUT2D eigenvalue weighted by Gasteiger charge is 2.40. The maximum absolute atomic E-state index is 12.8. The van der Waals surface area contributed by atoms with E-state index in [2.05, 4.69) is 29.2 Å². The lowest BCUT2D eigenvalue weighted by molar-refractivity contribution is 0.0605. The molecule has 1 saturated carbocycles. The van der Waals surface area contributed by atoms with E-state index in [1.165, 1.54) is 11.1 Å². The van der Waals surface area contributed by atoms with Crippen LogP contribution in [0.2, 0.25) is 0 Å². The molecule has 2 aliphatic carbocycles. The molecule has 0 saturated heterocycles. The number of carbonyl (C=O) groups excluding carboxylic acids is 1. The van der Waals surface area contributed by atoms with Crippen LogP contribution in [0.25, 0.3) is 0 Å². The molecule has 21 heavy (non-hydrogen) atoms. The molecule has 3 heteroatoms. The zero-order valence-corrected chi connectivity index (χ0v) is 12.0. The molecule has 1 atom stereocenters. The summed E-state index contributed by atoms with van der Waals surface area (Å²) in [7, 11) is 0. The first-order valence-electron chi connectivity index (χ1n) is 7.78. The highest BCUT2D eigenvalue weighted by atomic mass is 16.3. The van der Waals surface area contributed by atoms with E-state index >= 15 is 0 Å². The van der Waals surface area contributed by atoms with Gasteiger partial charge in [0.2, 0.25) is 0 Å². The molecule has 1 aromatic carbocycles. The van der Waals surface area contributed by atoms with Crippen LogP contribution >= 0.6 is 0 Å². The Balaban J connectivity index is 1.71. The molecule has 0 aliphatic heterocycles. The molecule has 4 rings (SSSR count). The van der Waals surface area contributed by atoms with E-state index in [4.69, 9.17) is 4.42 Å². The maximum Gasteiger partial charge on any atom is 0.290 e. The lowest BCUT2D eigenvalue weighted by Gasteiger charge is -2.35. The molecular weight excluding hydrogens is 262 g/mol. The van der Waals surface area contributed by atoms with Crippen molar-refractivity contribution in [1.29, 1.82) is 0 Å². The van der Waals surface area contributed by atoms with Gasteiger partial charge in [-0.3, -0.25) is 4.79 Å². The fourth-order valence-electron chi connectivity index (χ4n) is 3.46. The number of aryl methyl sites for hydroxylation is 1. The van der Waals surface area contributed by atoms with Crippen molar-refractivity contribution in [1.82, 2.24) is 4.90 Å². The van der Waals surface area contributed by atoms with Gasteiger partial charge in [0.05, 0.1) is 12.3 Å². The van der Waals surface area contributed by atoms with Gasteiger partial charge in [-0.2, -0.15) is 0 Å². The normalized spacial score (nSPS) is 20.9. The smallest absolute Gasteiger partial charge is 0.290 e. The van der Waals surface area contributed by atoms with Gasteiger partial charge in [-0.15, -0.1) is 0 Å². The van der Waals surface area contributed by atoms with Gasteiger partial charge in [-0.05, 0) is 55.4 Å². The summed E-state index contributed by atoms with van der Waals surface area (Å²) < 4.78 is 5.34. The minimum atomic E-state index is 0.0456. The van der Waals surface area contributed by atoms with Gasteiger partial charge >= 0.3 is 0 Å². The highest BCUT2D eigenvalue weighted by Crippen LogP contribution is 2.41. The summed E-state index contributed by atoms with van der Waals surface area (Å²) in [6.45, 7) is 0. The van der Waals surface area contributed by atoms with Gasteiger partial charge < -0.3 is 9.32 Å². The number of hydrogen-bond acceptors (Lipinski definition) is 2. The van der Waals surface area contributed by atoms with Crippen molar-refractivity contribution < 1.29 is 9.21 Å². The van der Waals surface area contributed by atoms with Crippen molar-refractivity contribution in [3.05, 3.63) is 59.5 Å². The minimum absolute atomic E-state index is 0.0456. The predicted octanol–water partition coefficient (Wildman–Crippen LogP) is 3.96. The van der Waals surface area contributed by atoms with Crippen LogP contribution in [0.3, 0.4) is 0 Å². The standard InChI is InChI=1S/C18H19NO2/c20-18(17-9-4-12-21-17)19(14-10-11-14)16-8-3-6-13-5-1-2-7-15(13)16/h1-2,4-5,7,9,12,14,16H,3,6,8,10-11H2. The largest absolute Gasteiger partial charge is 0.459 e. The summed E-state index contributed by atoms with van der Waals surface area (Å²) in [4.78, 5) is 14.9. The zero-order valence-electron chi connectivity index (χ0n) is 12.0. The Morgan fingerprint density at radius 1 is 1.10 bits per heavy atom. The molecule has 2 aromatic rings. The van der Waals surface area contributed by atoms with Crippen molar-refractivity contribution in [2.24, 2.45) is 0 Å². The summed E-state index contributed by atoms with van der Waals surface area (Å²) in [5.74, 6) is 0.508. The SMILES string of the molecule is O=C(c1ccco1)N(C1CC1)C1CCCc2ccccc21. The fraction of sp³-hybridized carbons (Fsp3) is 0.389. The Kier molecular flexibility index (Phi) is 3.06. The van der Waals surface area contributed by atoms with Gasteiger partial charge in [-0.25, -0.2) is 0 Å². The number of carbonyl (C=O) groups is 1. The van der Waals surface area contributed by atoms with E-state index in [1.54, 1.807) is 18.4 Å². The lowest BCUT2D eigenvalue weighted by Crippen LogP contribution is -2.38. The van der Waals surface area contributed by atoms with Crippen LogP contribution in [0.5, 0.6) is 0 Å². The molecule has 0 bridgehead atoms. The Morgan fingerprint density at radius 3 is 2.71 bits per heavy atom. The van der Waals surface area contributed by atoms with Crippen LogP contribution in [0.4, 0.5) is 0 Å². The molecule has 0 radical (unpaired) electrons. The van der Waals surface area contributed by atoms with Crippen molar-refractivity contribution in [2.45, 2.75) is 44.2 Å². The number of fused-ring (bicyclic) bond motifs is 1. The molecule has 1 aromatic heterocycles. The van der Waals surface area contributed by atoms with Gasteiger partial charge in [-0.1, -0.05) is 24.3 Å². The molecule has 1 fully saturated rings. The molecule has 1 unspecified atom stereocenters. The van der Waals surface area contributed by atoms with Gasteiger partial charge in [0.25, 0.3) is 5.91 Å². The molecule has 2 aliphatic rings. The van der Waals surface area contributed by atoms with Crippen LogP contribution in [0, 0.1) is 0 Å². The third-order valence-electron chi connectivity index (χ3n) is 4.58. The summed E-state index contributed by atoms with van der Waals surface area (Å²) in [5, 5.41) is 0. The van der Waals surface area contributed by atoms with Gasteiger partial charge in [0, 0.05) is 6.04 Å². The van der Waals surface area contributed by atoms with Crippen molar-refractivity contribution in [3.8, 4) is 0 Å². The molecule has 1 amide bonds. The van der Waals surface area contributed by atoms with E-state index in [1.807, 2.05) is 0 Å². The van der Waals surface area contributed by atoms with Crippen LogP contribution in [0.15, 0.2) is 47.1 Å². The Hall–Kier alpha value is -2.03. The number of hydrogen-bond donors (Lipinski definition) is 0. The van der Waals surface area contributed by atoms with Crippen molar-refractivity contribution in [2.75, 3.05) is 0 Å². The van der Waals surface area contributed by atoms with E-state index in [0.29, 0.717) is 11.8 Å². The summed E-state index contributed by atoms with van der Waals surface area (Å²) >= 11 is 0. The monoisotopic (exact) mass is 281 g/mol. The van der Waals surface area contributed by atoms with Crippen LogP contribution < -0.4 is 0 Å². The van der Waals surface area contributed by atoms with Crippen LogP contribution in [0.1, 0.15) is 53.4 Å². The lowest BCUT2D eigenvalue weighted by atomic mass is 9.86. The van der Waals surface area contributed by atoms with Gasteiger partial charge in [0.15, 0.2) is 5.76 Å². The third-order valence-corrected chi connectivity index (χ3v) is 4.58. The van der Waals surface area contributed by atoms with E-state index in [0.717, 1.165) is 32.1 Å². The third kappa shape index (κ3) is 2.27. The number of benzene rings is 1. The Morgan fingerprint density at radius 2 is 1.95 bits per heavy atom. The molecule has 1 heterocycles. The average molecular weight is 281 g/mol. The number of amides is 1. The maximum atomic E-state index is 12.8. The molecule has 0 spiro atoms. The molecule has 108 valence electrons. The number of furan rings is 1. The van der Waals surface area contributed by atoms with Crippen LogP contribution in [-0.2, 0) is 6.42 Å². The fourth-order valence-corrected chi connectivity index (χ4v) is 3.46. The summed E-state index contributed by atoms with van der Waals surface area (Å²) in [6, 6.07) is 12.7. The Labute approximate surface area is 124 Å². The van der Waals surface area contributed by atoms with Crippen molar-refractivity contribution in [3.63, 3.8) is 0 Å². The first-order chi connectivity index (χ1) is 10.3. The first kappa shape index (κ1) is 12.7.